The molecular formula is C12H9I2N2O7+. The van der Waals surface area contributed by atoms with Crippen LogP contribution in [-0.4, -0.2) is 13.3 Å². The van der Waals surface area contributed by atoms with Gasteiger partial charge in [-0.25, -0.2) is 0 Å². The third kappa shape index (κ3) is 4.24. The van der Waals surface area contributed by atoms with E-state index in [9.17, 15) is 26.7 Å². The fourth-order valence-electron chi connectivity index (χ4n) is 1.57. The SMILES string of the molecule is O=[N+]([O-])c1ccccc1[I+]OI(=O)(O)c1ccccc1[N+](=O)[O-]. The van der Waals surface area contributed by atoms with Crippen LogP contribution in [0.25, 0.3) is 0 Å². The molecule has 0 amide bonds. The van der Waals surface area contributed by atoms with Gasteiger partial charge in [-0.15, -0.1) is 0 Å². The van der Waals surface area contributed by atoms with Gasteiger partial charge >= 0.3 is 146 Å². The molecule has 23 heavy (non-hydrogen) atoms. The summed E-state index contributed by atoms with van der Waals surface area (Å²) in [4.78, 5) is 20.5. The van der Waals surface area contributed by atoms with E-state index in [4.69, 9.17) is 1.40 Å². The van der Waals surface area contributed by atoms with Crippen LogP contribution in [0.3, 0.4) is 0 Å². The topological polar surface area (TPSA) is 133 Å². The Morgan fingerprint density at radius 1 is 0.957 bits per heavy atom. The summed E-state index contributed by atoms with van der Waals surface area (Å²) in [5.74, 6) is 0. The van der Waals surface area contributed by atoms with E-state index < -0.39 is 56.4 Å². The fourth-order valence-corrected chi connectivity index (χ4v) is 8.77. The Labute approximate surface area is 145 Å². The Kier molecular flexibility index (Phi) is 5.66. The summed E-state index contributed by atoms with van der Waals surface area (Å²) in [5.41, 5.74) is -0.715. The average molecular weight is 547 g/mol. The van der Waals surface area contributed by atoms with Crippen molar-refractivity contribution in [2.45, 2.75) is 0 Å². The van der Waals surface area contributed by atoms with Crippen LogP contribution in [0.1, 0.15) is 0 Å². The Bertz CT molecular complexity index is 812. The van der Waals surface area contributed by atoms with Gasteiger partial charge in [0.05, 0.1) is 0 Å². The van der Waals surface area contributed by atoms with Gasteiger partial charge < -0.3 is 0 Å². The molecule has 9 nitrogen and oxygen atoms in total. The standard InChI is InChI=1S/C12H8I2N2O7/c17-14(18,10-6-2-4-8-12(10)16(21)22)23-13-9-5-1-3-7-11(9)15(19)20/h1-8H/p+1. The number of para-hydroxylation sites is 2. The summed E-state index contributed by atoms with van der Waals surface area (Å²) in [6.45, 7) is 0. The first kappa shape index (κ1) is 17.8. The van der Waals surface area contributed by atoms with E-state index in [0.717, 1.165) is 12.1 Å². The molecule has 0 fully saturated rings. The van der Waals surface area contributed by atoms with Crippen LogP contribution in [0.2, 0.25) is 0 Å². The molecule has 2 aromatic rings. The first-order valence-electron chi connectivity index (χ1n) is 5.84. The van der Waals surface area contributed by atoms with Crippen molar-refractivity contribution in [2.75, 3.05) is 0 Å². The van der Waals surface area contributed by atoms with Crippen LogP contribution in [-0.2, 0) is 4.46 Å². The molecule has 0 radical (unpaired) electrons. The van der Waals surface area contributed by atoms with E-state index in [-0.39, 0.29) is 12.8 Å². The third-order valence-electron chi connectivity index (χ3n) is 2.55. The Hall–Kier alpha value is -1.58. The zero-order valence-corrected chi connectivity index (χ0v) is 15.5. The van der Waals surface area contributed by atoms with Crippen LogP contribution in [0, 0.1) is 27.4 Å². The van der Waals surface area contributed by atoms with E-state index in [0.29, 0.717) is 0 Å². The maximum absolute atomic E-state index is 12.4. The van der Waals surface area contributed by atoms with Crippen molar-refractivity contribution in [1.82, 2.24) is 0 Å². The molecule has 0 aliphatic carbocycles. The van der Waals surface area contributed by atoms with Gasteiger partial charge in [0, 0.05) is 0 Å². The van der Waals surface area contributed by atoms with Gasteiger partial charge in [-0.05, 0) is 0 Å². The Morgan fingerprint density at radius 2 is 1.48 bits per heavy atom. The van der Waals surface area contributed by atoms with E-state index in [1.165, 1.54) is 30.3 Å². The molecule has 2 rings (SSSR count). The molecule has 1 unspecified atom stereocenters. The van der Waals surface area contributed by atoms with Crippen molar-refractivity contribution in [1.29, 1.82) is 0 Å². The number of rotatable bonds is 6. The molecule has 0 aromatic heterocycles. The van der Waals surface area contributed by atoms with Gasteiger partial charge in [0.15, 0.2) is 0 Å². The molecule has 122 valence electrons. The van der Waals surface area contributed by atoms with Crippen molar-refractivity contribution in [3.63, 3.8) is 0 Å². The number of hydrogen-bond acceptors (Lipinski definition) is 6. The molecule has 2 aromatic carbocycles. The second-order valence-corrected chi connectivity index (χ2v) is 11.8. The Morgan fingerprint density at radius 3 is 2.09 bits per heavy atom. The second-order valence-electron chi connectivity index (χ2n) is 3.99. The molecule has 0 aliphatic heterocycles. The second kappa shape index (κ2) is 7.33. The number of hydrogen-bond donors (Lipinski definition) is 1. The summed E-state index contributed by atoms with van der Waals surface area (Å²) in [6, 6.07) is 10.7. The fraction of sp³-hybridized carbons (Fsp3) is 0. The molecule has 1 N–H and O–H groups in total. The van der Waals surface area contributed by atoms with Crippen LogP contribution in [0.4, 0.5) is 11.4 Å². The van der Waals surface area contributed by atoms with Crippen molar-refractivity contribution in [2.24, 2.45) is 0 Å². The van der Waals surface area contributed by atoms with Crippen LogP contribution in [0.15, 0.2) is 48.5 Å². The van der Waals surface area contributed by atoms with Gasteiger partial charge in [0.25, 0.3) is 0 Å². The molecule has 0 saturated carbocycles. The molecular weight excluding hydrogens is 538 g/mol. The van der Waals surface area contributed by atoms with Crippen molar-refractivity contribution in [3.05, 3.63) is 75.9 Å². The summed E-state index contributed by atoms with van der Waals surface area (Å²) < 4.78 is 27.3. The normalized spacial score (nSPS) is 14.7. The average Bonchev–Trinajstić information content (AvgIpc) is 2.53. The maximum atomic E-state index is 12.4. The van der Waals surface area contributed by atoms with Gasteiger partial charge in [-0.2, -0.15) is 0 Å². The van der Waals surface area contributed by atoms with Gasteiger partial charge in [-0.1, -0.05) is 0 Å². The number of benzene rings is 2. The van der Waals surface area contributed by atoms with E-state index >= 15 is 0 Å². The minimum atomic E-state index is -5.27. The minimum absolute atomic E-state index is 0.209. The van der Waals surface area contributed by atoms with Gasteiger partial charge in [0.2, 0.25) is 0 Å². The first-order valence-corrected chi connectivity index (χ1v) is 11.6. The summed E-state index contributed by atoms with van der Waals surface area (Å²) in [6.07, 6.45) is 0. The van der Waals surface area contributed by atoms with Crippen molar-refractivity contribution >= 4 is 30.6 Å². The zero-order valence-electron chi connectivity index (χ0n) is 11.2. The van der Waals surface area contributed by atoms with Gasteiger partial charge in [0.1, 0.15) is 0 Å². The zero-order chi connectivity index (χ0) is 17.0. The van der Waals surface area contributed by atoms with Gasteiger partial charge in [-0.3, -0.25) is 0 Å². The molecule has 1 atom stereocenters. The van der Waals surface area contributed by atoms with Crippen molar-refractivity contribution in [3.8, 4) is 0 Å². The first-order chi connectivity index (χ1) is 10.8. The van der Waals surface area contributed by atoms with E-state index in [2.05, 4.69) is 0 Å². The molecule has 11 heteroatoms. The van der Waals surface area contributed by atoms with E-state index in [1.54, 1.807) is 6.07 Å². The summed E-state index contributed by atoms with van der Waals surface area (Å²) >= 11 is -6.90. The number of nitrogens with zero attached hydrogens (tertiary/aromatic N) is 2. The predicted molar refractivity (Wildman–Crippen MR) is 81.6 cm³/mol. The summed E-state index contributed by atoms with van der Waals surface area (Å²) in [7, 11) is 0. The monoisotopic (exact) mass is 547 g/mol. The molecule has 0 spiro atoms. The number of nitro groups is 2. The Balaban J connectivity index is 2.29. The van der Waals surface area contributed by atoms with Crippen LogP contribution >= 0.6 is 19.3 Å². The van der Waals surface area contributed by atoms with E-state index in [1.807, 2.05) is 0 Å². The number of halogens is 2. The third-order valence-corrected chi connectivity index (χ3v) is 11.1. The molecule has 0 saturated heterocycles. The summed E-state index contributed by atoms with van der Waals surface area (Å²) in [5, 5.41) is 21.8. The molecule has 0 aliphatic rings. The molecule has 0 bridgehead atoms. The van der Waals surface area contributed by atoms with Crippen LogP contribution in [0.5, 0.6) is 0 Å². The van der Waals surface area contributed by atoms with Crippen LogP contribution < -0.4 is 21.6 Å². The number of nitro benzene ring substituents is 2. The quantitative estimate of drug-likeness (QED) is 0.301. The van der Waals surface area contributed by atoms with Crippen molar-refractivity contribution < 1.29 is 39.4 Å². The molecule has 0 heterocycles. The predicted octanol–water partition coefficient (Wildman–Crippen LogP) is -0.227.